The summed E-state index contributed by atoms with van der Waals surface area (Å²) in [6.45, 7) is 2.22. The molecule has 0 amide bonds. The van der Waals surface area contributed by atoms with Crippen LogP contribution in [-0.2, 0) is 0 Å². The van der Waals surface area contributed by atoms with E-state index < -0.39 is 0 Å². The second kappa shape index (κ2) is 1.56. The summed E-state index contributed by atoms with van der Waals surface area (Å²) in [7, 11) is 6.06. The minimum Gasteiger partial charge on any atom is -0.0674 e. The van der Waals surface area contributed by atoms with E-state index in [1.54, 1.807) is 0 Å². The van der Waals surface area contributed by atoms with Crippen LogP contribution in [0.5, 0.6) is 0 Å². The molecule has 2 bridgehead atoms. The van der Waals surface area contributed by atoms with E-state index in [2.05, 4.69) is 6.92 Å². The molecule has 9 heavy (non-hydrogen) atoms. The Morgan fingerprint density at radius 1 is 1.44 bits per heavy atom. The smallest absolute Gasteiger partial charge is 0.0674 e. The van der Waals surface area contributed by atoms with Crippen molar-refractivity contribution in [2.45, 2.75) is 37.9 Å². The minimum absolute atomic E-state index is 0.211. The Morgan fingerprint density at radius 3 is 2.44 bits per heavy atom. The fourth-order valence-electron chi connectivity index (χ4n) is 2.65. The molecule has 1 heteroatoms. The molecule has 0 N–H and O–H groups in total. The van der Waals surface area contributed by atoms with Crippen molar-refractivity contribution in [2.24, 2.45) is 11.8 Å². The highest BCUT2D eigenvalue weighted by Gasteiger charge is 2.43. The van der Waals surface area contributed by atoms with Crippen LogP contribution < -0.4 is 0 Å². The molecular weight excluding hydrogens is 107 g/mol. The molecular formula is C8H13B. The van der Waals surface area contributed by atoms with E-state index in [9.17, 15) is 0 Å². The summed E-state index contributed by atoms with van der Waals surface area (Å²) < 4.78 is 0. The second-order valence-corrected chi connectivity index (χ2v) is 4.09. The Balaban J connectivity index is 2.18. The predicted molar refractivity (Wildman–Crippen MR) is 39.6 cm³/mol. The number of rotatable bonds is 0. The highest BCUT2D eigenvalue weighted by Crippen LogP contribution is 2.58. The van der Waals surface area contributed by atoms with Gasteiger partial charge < -0.3 is 0 Å². The minimum atomic E-state index is 0.211. The van der Waals surface area contributed by atoms with Crippen LogP contribution in [-0.4, -0.2) is 7.85 Å². The van der Waals surface area contributed by atoms with Crippen molar-refractivity contribution in [2.75, 3.05) is 0 Å². The van der Waals surface area contributed by atoms with Gasteiger partial charge in [0.25, 0.3) is 0 Å². The van der Waals surface area contributed by atoms with E-state index in [0.29, 0.717) is 0 Å². The summed E-state index contributed by atoms with van der Waals surface area (Å²) in [4.78, 5) is 0. The van der Waals surface area contributed by atoms with Gasteiger partial charge in [-0.3, -0.25) is 0 Å². The van der Waals surface area contributed by atoms with Crippen molar-refractivity contribution in [3.8, 4) is 0 Å². The molecule has 2 aliphatic rings. The molecule has 2 aliphatic carbocycles. The molecule has 3 atom stereocenters. The van der Waals surface area contributed by atoms with Gasteiger partial charge in [-0.05, 0) is 18.3 Å². The summed E-state index contributed by atoms with van der Waals surface area (Å²) >= 11 is 0. The third-order valence-electron chi connectivity index (χ3n) is 3.20. The molecule has 0 aromatic carbocycles. The zero-order chi connectivity index (χ0) is 6.48. The standard InChI is InChI=1S/C8H13B/c1-8(9)5-6-2-3-7(8)4-6/h6-7H,2-5H2,1H3. The third-order valence-corrected chi connectivity index (χ3v) is 3.20. The molecule has 0 heterocycles. The lowest BCUT2D eigenvalue weighted by Crippen LogP contribution is -2.16. The number of hydrogen-bond donors (Lipinski definition) is 0. The summed E-state index contributed by atoms with van der Waals surface area (Å²) in [5.74, 6) is 1.85. The molecule has 2 radical (unpaired) electrons. The SMILES string of the molecule is [B]C1(C)CC2CCC1C2. The van der Waals surface area contributed by atoms with Gasteiger partial charge in [-0.1, -0.05) is 31.5 Å². The van der Waals surface area contributed by atoms with Gasteiger partial charge in [-0.25, -0.2) is 0 Å². The molecule has 0 nitrogen and oxygen atoms in total. The zero-order valence-electron chi connectivity index (χ0n) is 6.06. The Labute approximate surface area is 58.4 Å². The summed E-state index contributed by atoms with van der Waals surface area (Å²) in [6.07, 6.45) is 5.57. The van der Waals surface area contributed by atoms with Crippen LogP contribution in [0.1, 0.15) is 32.6 Å². The fourth-order valence-corrected chi connectivity index (χ4v) is 2.65. The van der Waals surface area contributed by atoms with Gasteiger partial charge >= 0.3 is 0 Å². The molecule has 3 unspecified atom stereocenters. The third kappa shape index (κ3) is 0.737. The van der Waals surface area contributed by atoms with Gasteiger partial charge in [0.1, 0.15) is 0 Å². The quantitative estimate of drug-likeness (QED) is 0.429. The van der Waals surface area contributed by atoms with Gasteiger partial charge in [0.2, 0.25) is 0 Å². The second-order valence-electron chi connectivity index (χ2n) is 4.09. The first-order valence-electron chi connectivity index (χ1n) is 3.97. The van der Waals surface area contributed by atoms with Crippen molar-refractivity contribution < 1.29 is 0 Å². The van der Waals surface area contributed by atoms with Crippen molar-refractivity contribution in [3.63, 3.8) is 0 Å². The number of hydrogen-bond acceptors (Lipinski definition) is 0. The van der Waals surface area contributed by atoms with Crippen LogP contribution in [0.4, 0.5) is 0 Å². The van der Waals surface area contributed by atoms with Crippen LogP contribution in [0, 0.1) is 11.8 Å². The van der Waals surface area contributed by atoms with E-state index in [1.165, 1.54) is 25.7 Å². The maximum atomic E-state index is 6.06. The molecule has 48 valence electrons. The van der Waals surface area contributed by atoms with Crippen LogP contribution >= 0.6 is 0 Å². The molecule has 0 aromatic heterocycles. The Kier molecular flexibility index (Phi) is 1.01. The predicted octanol–water partition coefficient (Wildman–Crippen LogP) is 2.15. The zero-order valence-corrected chi connectivity index (χ0v) is 6.06. The molecule has 2 fully saturated rings. The Hall–Kier alpha value is 0.0649. The van der Waals surface area contributed by atoms with E-state index in [4.69, 9.17) is 7.85 Å². The molecule has 0 spiro atoms. The van der Waals surface area contributed by atoms with E-state index in [0.717, 1.165) is 11.8 Å². The van der Waals surface area contributed by atoms with Crippen LogP contribution in [0.2, 0.25) is 5.31 Å². The number of fused-ring (bicyclic) bond motifs is 2. The van der Waals surface area contributed by atoms with Crippen molar-refractivity contribution in [1.82, 2.24) is 0 Å². The van der Waals surface area contributed by atoms with E-state index in [-0.39, 0.29) is 5.31 Å². The average Bonchev–Trinajstić information content (AvgIpc) is 2.19. The first kappa shape index (κ1) is 5.82. The Morgan fingerprint density at radius 2 is 2.22 bits per heavy atom. The largest absolute Gasteiger partial charge is 0.0746 e. The summed E-state index contributed by atoms with van der Waals surface area (Å²) in [6, 6.07) is 0. The molecule has 0 aliphatic heterocycles. The molecule has 2 saturated carbocycles. The van der Waals surface area contributed by atoms with Crippen LogP contribution in [0.15, 0.2) is 0 Å². The van der Waals surface area contributed by atoms with Gasteiger partial charge in [0, 0.05) is 0 Å². The van der Waals surface area contributed by atoms with Gasteiger partial charge in [0.15, 0.2) is 0 Å². The first-order chi connectivity index (χ1) is 4.18. The lowest BCUT2D eigenvalue weighted by atomic mass is 9.61. The maximum Gasteiger partial charge on any atom is 0.0746 e. The van der Waals surface area contributed by atoms with Gasteiger partial charge in [-0.2, -0.15) is 0 Å². The van der Waals surface area contributed by atoms with E-state index >= 15 is 0 Å². The highest BCUT2D eigenvalue weighted by molar-refractivity contribution is 6.15. The lowest BCUT2D eigenvalue weighted by molar-refractivity contribution is 0.380. The normalized spacial score (nSPS) is 56.6. The van der Waals surface area contributed by atoms with E-state index in [1.807, 2.05) is 0 Å². The summed E-state index contributed by atoms with van der Waals surface area (Å²) in [5, 5.41) is 0.211. The maximum absolute atomic E-state index is 6.06. The monoisotopic (exact) mass is 120 g/mol. The van der Waals surface area contributed by atoms with Crippen molar-refractivity contribution in [3.05, 3.63) is 0 Å². The molecule has 2 rings (SSSR count). The summed E-state index contributed by atoms with van der Waals surface area (Å²) in [5.41, 5.74) is 0. The topological polar surface area (TPSA) is 0 Å². The molecule has 0 aromatic rings. The molecule has 0 saturated heterocycles. The lowest BCUT2D eigenvalue weighted by Gasteiger charge is -2.29. The van der Waals surface area contributed by atoms with Crippen LogP contribution in [0.3, 0.4) is 0 Å². The van der Waals surface area contributed by atoms with Crippen molar-refractivity contribution in [1.29, 1.82) is 0 Å². The Bertz CT molecular complexity index is 129. The highest BCUT2D eigenvalue weighted by atomic mass is 14.5. The van der Waals surface area contributed by atoms with Gasteiger partial charge in [0.05, 0.1) is 7.85 Å². The van der Waals surface area contributed by atoms with Gasteiger partial charge in [-0.15, -0.1) is 0 Å². The van der Waals surface area contributed by atoms with Crippen molar-refractivity contribution >= 4 is 7.85 Å². The first-order valence-corrected chi connectivity index (χ1v) is 3.97. The van der Waals surface area contributed by atoms with Crippen LogP contribution in [0.25, 0.3) is 0 Å². The average molecular weight is 120 g/mol. The fraction of sp³-hybridized carbons (Fsp3) is 1.00.